The Morgan fingerprint density at radius 2 is 1.81 bits per heavy atom. The average Bonchev–Trinajstić information content (AvgIpc) is 3.76. The summed E-state index contributed by atoms with van der Waals surface area (Å²) in [6.07, 6.45) is 5.08. The van der Waals surface area contributed by atoms with Gasteiger partial charge in [-0.05, 0) is 85.0 Å². The first-order valence-electron chi connectivity index (χ1n) is 13.3. The number of rotatable bonds is 7. The molecule has 2 aliphatic heterocycles. The van der Waals surface area contributed by atoms with Crippen molar-refractivity contribution < 1.29 is 18.7 Å². The molecule has 196 valence electrons. The Bertz CT molecular complexity index is 1210. The molecule has 1 amide bonds. The molecular weight excluding hydrogens is 514 g/mol. The van der Waals surface area contributed by atoms with Gasteiger partial charge in [-0.2, -0.15) is 0 Å². The molecule has 0 spiro atoms. The number of likely N-dealkylation sites (tertiary alicyclic amines) is 1. The summed E-state index contributed by atoms with van der Waals surface area (Å²) in [4.78, 5) is 29.2. The van der Waals surface area contributed by atoms with E-state index in [1.807, 2.05) is 12.1 Å². The number of hydrogen-bond acceptors (Lipinski definition) is 4. The smallest absolute Gasteiger partial charge is 0.257 e. The molecular formula is C29H31Cl2FN2O3. The Kier molecular flexibility index (Phi) is 7.04. The van der Waals surface area contributed by atoms with Crippen molar-refractivity contribution in [2.24, 2.45) is 5.92 Å². The monoisotopic (exact) mass is 544 g/mol. The van der Waals surface area contributed by atoms with Crippen molar-refractivity contribution in [2.45, 2.75) is 63.1 Å². The Morgan fingerprint density at radius 1 is 1.05 bits per heavy atom. The number of halogens is 3. The van der Waals surface area contributed by atoms with Crippen LogP contribution in [0.4, 0.5) is 4.39 Å². The van der Waals surface area contributed by atoms with Crippen LogP contribution in [-0.4, -0.2) is 59.9 Å². The van der Waals surface area contributed by atoms with Crippen LogP contribution in [0.1, 0.15) is 65.1 Å². The molecule has 8 heteroatoms. The molecule has 5 nitrogen and oxygen atoms in total. The van der Waals surface area contributed by atoms with Crippen LogP contribution in [0.25, 0.3) is 0 Å². The first kappa shape index (κ1) is 25.3. The number of ketones is 1. The first-order chi connectivity index (χ1) is 17.9. The van der Waals surface area contributed by atoms with Gasteiger partial charge in [0.25, 0.3) is 5.91 Å². The molecule has 2 heterocycles. The molecule has 6 rings (SSSR count). The highest BCUT2D eigenvalue weighted by Crippen LogP contribution is 2.43. The van der Waals surface area contributed by atoms with Crippen LogP contribution < -0.4 is 0 Å². The summed E-state index contributed by atoms with van der Waals surface area (Å²) in [6, 6.07) is 8.86. The van der Waals surface area contributed by atoms with Crippen molar-refractivity contribution in [1.29, 1.82) is 0 Å². The summed E-state index contributed by atoms with van der Waals surface area (Å²) < 4.78 is 21.5. The molecule has 4 fully saturated rings. The number of carbonyl (C=O) groups excluding carboxylic acids is 2. The summed E-state index contributed by atoms with van der Waals surface area (Å²) in [5.41, 5.74) is 3.24. The standard InChI is InChI=1S/C29H31Cl2FN2O3/c30-20-8-17(9-21(31)12-20)10-22-16-33(6-7-37-22)15-19-11-26(32)24(13-23(19)18-3-4-18)29(36)34-5-1-2-27(34)25-14-28(25)35/h8-9,11-13,18,22,25,27H,1-7,10,14-16H2/t22-,25?,27+/m1/s1. The maximum absolute atomic E-state index is 15.4. The van der Waals surface area contributed by atoms with E-state index in [0.29, 0.717) is 48.5 Å². The summed E-state index contributed by atoms with van der Waals surface area (Å²) in [5, 5.41) is 1.22. The van der Waals surface area contributed by atoms with Gasteiger partial charge in [0.15, 0.2) is 0 Å². The highest BCUT2D eigenvalue weighted by Gasteiger charge is 2.47. The SMILES string of the molecule is O=C1CC1[C@@H]1CCCN1C(=O)c1cc(C2CC2)c(CN2CCO[C@H](Cc3cc(Cl)cc(Cl)c3)C2)cc1F. The summed E-state index contributed by atoms with van der Waals surface area (Å²) in [5.74, 6) is -0.169. The van der Waals surface area contributed by atoms with Gasteiger partial charge in [0.1, 0.15) is 11.6 Å². The van der Waals surface area contributed by atoms with E-state index in [0.717, 1.165) is 55.5 Å². The van der Waals surface area contributed by atoms with Gasteiger partial charge in [-0.25, -0.2) is 4.39 Å². The molecule has 1 unspecified atom stereocenters. The minimum atomic E-state index is -0.462. The zero-order chi connectivity index (χ0) is 25.7. The van der Waals surface area contributed by atoms with Crippen molar-refractivity contribution in [3.63, 3.8) is 0 Å². The molecule has 2 saturated heterocycles. The second-order valence-electron chi connectivity index (χ2n) is 11.0. The maximum Gasteiger partial charge on any atom is 0.257 e. The van der Waals surface area contributed by atoms with Crippen LogP contribution in [0.2, 0.25) is 10.0 Å². The third kappa shape index (κ3) is 5.58. The lowest BCUT2D eigenvalue weighted by Gasteiger charge is -2.33. The second-order valence-corrected chi connectivity index (χ2v) is 11.9. The lowest BCUT2D eigenvalue weighted by Crippen LogP contribution is -2.43. The van der Waals surface area contributed by atoms with E-state index in [4.69, 9.17) is 27.9 Å². The van der Waals surface area contributed by atoms with Gasteiger partial charge in [0, 0.05) is 54.6 Å². The fraction of sp³-hybridized carbons (Fsp3) is 0.517. The molecule has 37 heavy (non-hydrogen) atoms. The number of nitrogens with zero attached hydrogens (tertiary/aromatic N) is 2. The average molecular weight is 545 g/mol. The fourth-order valence-electron chi connectivity index (χ4n) is 6.11. The molecule has 2 aliphatic carbocycles. The normalized spacial score (nSPS) is 26.1. The maximum atomic E-state index is 15.4. The zero-order valence-electron chi connectivity index (χ0n) is 20.7. The molecule has 4 aliphatic rings. The first-order valence-corrected chi connectivity index (χ1v) is 14.1. The van der Waals surface area contributed by atoms with E-state index < -0.39 is 5.82 Å². The van der Waals surface area contributed by atoms with E-state index in [2.05, 4.69) is 4.90 Å². The summed E-state index contributed by atoms with van der Waals surface area (Å²) in [6.45, 7) is 3.31. The van der Waals surface area contributed by atoms with Crippen LogP contribution in [0.5, 0.6) is 0 Å². The Morgan fingerprint density at radius 3 is 2.51 bits per heavy atom. The zero-order valence-corrected chi connectivity index (χ0v) is 22.2. The van der Waals surface area contributed by atoms with Crippen LogP contribution in [0, 0.1) is 11.7 Å². The Labute approximate surface area is 226 Å². The lowest BCUT2D eigenvalue weighted by atomic mass is 9.97. The number of amides is 1. The number of morpholine rings is 1. The number of hydrogen-bond donors (Lipinski definition) is 0. The van der Waals surface area contributed by atoms with Gasteiger partial charge in [0.05, 0.1) is 18.3 Å². The van der Waals surface area contributed by atoms with Gasteiger partial charge in [-0.15, -0.1) is 0 Å². The number of Topliss-reactive ketones (excluding diaryl/α,β-unsaturated/α-hetero) is 1. The van der Waals surface area contributed by atoms with Crippen molar-refractivity contribution >= 4 is 34.9 Å². The molecule has 2 aromatic rings. The van der Waals surface area contributed by atoms with Crippen LogP contribution in [0.15, 0.2) is 30.3 Å². The third-order valence-electron chi connectivity index (χ3n) is 8.18. The van der Waals surface area contributed by atoms with Crippen LogP contribution in [0.3, 0.4) is 0 Å². The largest absolute Gasteiger partial charge is 0.375 e. The molecule has 3 atom stereocenters. The molecule has 2 aromatic carbocycles. The van der Waals surface area contributed by atoms with Gasteiger partial charge < -0.3 is 9.64 Å². The number of carbonyl (C=O) groups is 2. The van der Waals surface area contributed by atoms with Gasteiger partial charge in [-0.3, -0.25) is 14.5 Å². The highest BCUT2D eigenvalue weighted by molar-refractivity contribution is 6.34. The highest BCUT2D eigenvalue weighted by atomic mass is 35.5. The number of benzene rings is 2. The van der Waals surface area contributed by atoms with Crippen molar-refractivity contribution in [3.05, 3.63) is 68.4 Å². The predicted molar refractivity (Wildman–Crippen MR) is 141 cm³/mol. The van der Waals surface area contributed by atoms with Gasteiger partial charge in [-0.1, -0.05) is 23.2 Å². The second kappa shape index (κ2) is 10.3. The Balaban J connectivity index is 1.18. The topological polar surface area (TPSA) is 49.9 Å². The van der Waals surface area contributed by atoms with Crippen LogP contribution >= 0.6 is 23.2 Å². The molecule has 0 aromatic heterocycles. The predicted octanol–water partition coefficient (Wildman–Crippen LogP) is 5.65. The van der Waals surface area contributed by atoms with Crippen molar-refractivity contribution in [3.8, 4) is 0 Å². The minimum absolute atomic E-state index is 0.00408. The van der Waals surface area contributed by atoms with Crippen molar-refractivity contribution in [2.75, 3.05) is 26.2 Å². The van der Waals surface area contributed by atoms with Crippen molar-refractivity contribution in [1.82, 2.24) is 9.80 Å². The molecule has 0 bridgehead atoms. The van der Waals surface area contributed by atoms with Gasteiger partial charge in [0.2, 0.25) is 0 Å². The molecule has 0 radical (unpaired) electrons. The van der Waals surface area contributed by atoms with E-state index in [1.165, 1.54) is 0 Å². The third-order valence-corrected chi connectivity index (χ3v) is 8.61. The lowest BCUT2D eigenvalue weighted by molar-refractivity contribution is -0.111. The molecule has 2 saturated carbocycles. The van der Waals surface area contributed by atoms with E-state index >= 15 is 4.39 Å². The van der Waals surface area contributed by atoms with Gasteiger partial charge >= 0.3 is 0 Å². The quantitative estimate of drug-likeness (QED) is 0.452. The summed E-state index contributed by atoms with van der Waals surface area (Å²) in [7, 11) is 0. The van der Waals surface area contributed by atoms with E-state index in [1.54, 1.807) is 23.1 Å². The minimum Gasteiger partial charge on any atom is -0.375 e. The van der Waals surface area contributed by atoms with E-state index in [-0.39, 0.29) is 35.3 Å². The Hall–Kier alpha value is -1.99. The molecule has 0 N–H and O–H groups in total. The van der Waals surface area contributed by atoms with Crippen LogP contribution in [-0.2, 0) is 22.5 Å². The summed E-state index contributed by atoms with van der Waals surface area (Å²) >= 11 is 12.3. The van der Waals surface area contributed by atoms with E-state index in [9.17, 15) is 9.59 Å². The fourth-order valence-corrected chi connectivity index (χ4v) is 6.68. The number of ether oxygens (including phenoxy) is 1.